The van der Waals surface area contributed by atoms with E-state index in [4.69, 9.17) is 15.2 Å². The van der Waals surface area contributed by atoms with Crippen LogP contribution in [0.2, 0.25) is 0 Å². The minimum Gasteiger partial charge on any atom is -0.380 e. The standard InChI is InChI=1S/C14H28N2O2/c1-4-18-12-7-14(8-12,10-15)16-6-5-11(2)13(9-16)17-3/h11-13H,4-10,15H2,1-3H3. The molecule has 4 heteroatoms. The van der Waals surface area contributed by atoms with E-state index >= 15 is 0 Å². The van der Waals surface area contributed by atoms with Crippen LogP contribution in [0.1, 0.15) is 33.1 Å². The summed E-state index contributed by atoms with van der Waals surface area (Å²) in [6.45, 7) is 8.06. The van der Waals surface area contributed by atoms with Crippen LogP contribution in [-0.2, 0) is 9.47 Å². The number of nitrogens with zero attached hydrogens (tertiary/aromatic N) is 1. The highest BCUT2D eigenvalue weighted by atomic mass is 16.5. The number of nitrogens with two attached hydrogens (primary N) is 1. The normalized spacial score (nSPS) is 41.7. The van der Waals surface area contributed by atoms with Gasteiger partial charge < -0.3 is 15.2 Å². The molecule has 1 aliphatic heterocycles. The summed E-state index contributed by atoms with van der Waals surface area (Å²) in [6.07, 6.45) is 4.15. The van der Waals surface area contributed by atoms with E-state index in [0.29, 0.717) is 18.1 Å². The molecule has 2 unspecified atom stereocenters. The highest BCUT2D eigenvalue weighted by Crippen LogP contribution is 2.41. The zero-order valence-electron chi connectivity index (χ0n) is 12.0. The van der Waals surface area contributed by atoms with Gasteiger partial charge in [-0.3, -0.25) is 4.90 Å². The van der Waals surface area contributed by atoms with Gasteiger partial charge in [0.05, 0.1) is 12.2 Å². The Morgan fingerprint density at radius 3 is 2.67 bits per heavy atom. The van der Waals surface area contributed by atoms with Gasteiger partial charge in [0.15, 0.2) is 0 Å². The molecule has 2 atom stereocenters. The van der Waals surface area contributed by atoms with Crippen LogP contribution in [0.3, 0.4) is 0 Å². The zero-order valence-corrected chi connectivity index (χ0v) is 12.0. The van der Waals surface area contributed by atoms with Crippen molar-refractivity contribution < 1.29 is 9.47 Å². The molecule has 1 saturated heterocycles. The number of ether oxygens (including phenoxy) is 2. The zero-order chi connectivity index (χ0) is 13.2. The lowest BCUT2D eigenvalue weighted by Gasteiger charge is -2.56. The molecule has 2 rings (SSSR count). The number of hydrogen-bond acceptors (Lipinski definition) is 4. The molecule has 4 nitrogen and oxygen atoms in total. The number of likely N-dealkylation sites (tertiary alicyclic amines) is 1. The maximum atomic E-state index is 6.04. The van der Waals surface area contributed by atoms with Crippen molar-refractivity contribution >= 4 is 0 Å². The number of hydrogen-bond donors (Lipinski definition) is 1. The van der Waals surface area contributed by atoms with E-state index in [0.717, 1.165) is 39.1 Å². The van der Waals surface area contributed by atoms with Crippen LogP contribution in [0.5, 0.6) is 0 Å². The monoisotopic (exact) mass is 256 g/mol. The van der Waals surface area contributed by atoms with E-state index in [1.165, 1.54) is 6.42 Å². The van der Waals surface area contributed by atoms with Gasteiger partial charge in [0.2, 0.25) is 0 Å². The molecule has 0 aromatic carbocycles. The lowest BCUT2D eigenvalue weighted by Crippen LogP contribution is -2.67. The summed E-state index contributed by atoms with van der Waals surface area (Å²) in [5.74, 6) is 0.656. The largest absolute Gasteiger partial charge is 0.380 e. The summed E-state index contributed by atoms with van der Waals surface area (Å²) >= 11 is 0. The fourth-order valence-electron chi connectivity index (χ4n) is 3.47. The van der Waals surface area contributed by atoms with Crippen molar-refractivity contribution in [1.82, 2.24) is 4.90 Å². The van der Waals surface area contributed by atoms with Crippen molar-refractivity contribution in [1.29, 1.82) is 0 Å². The molecule has 0 spiro atoms. The van der Waals surface area contributed by atoms with Crippen LogP contribution in [0, 0.1) is 5.92 Å². The molecule has 18 heavy (non-hydrogen) atoms. The van der Waals surface area contributed by atoms with Crippen molar-refractivity contribution in [3.8, 4) is 0 Å². The van der Waals surface area contributed by atoms with Gasteiger partial charge in [0.25, 0.3) is 0 Å². The second-order valence-electron chi connectivity index (χ2n) is 5.90. The van der Waals surface area contributed by atoms with Gasteiger partial charge in [-0.2, -0.15) is 0 Å². The first-order valence-electron chi connectivity index (χ1n) is 7.24. The summed E-state index contributed by atoms with van der Waals surface area (Å²) in [6, 6.07) is 0. The van der Waals surface area contributed by atoms with E-state index in [2.05, 4.69) is 18.7 Å². The quantitative estimate of drug-likeness (QED) is 0.804. The molecule has 106 valence electrons. The molecule has 1 aliphatic carbocycles. The average molecular weight is 256 g/mol. The first-order chi connectivity index (χ1) is 8.65. The Labute approximate surface area is 111 Å². The van der Waals surface area contributed by atoms with Crippen LogP contribution >= 0.6 is 0 Å². The van der Waals surface area contributed by atoms with Gasteiger partial charge in [-0.05, 0) is 38.6 Å². The van der Waals surface area contributed by atoms with Gasteiger partial charge in [-0.1, -0.05) is 6.92 Å². The predicted octanol–water partition coefficient (Wildman–Crippen LogP) is 1.24. The Kier molecular flexibility index (Phi) is 4.64. The maximum Gasteiger partial charge on any atom is 0.0724 e. The minimum absolute atomic E-state index is 0.177. The molecule has 2 aliphatic rings. The van der Waals surface area contributed by atoms with Gasteiger partial charge >= 0.3 is 0 Å². The molecule has 2 N–H and O–H groups in total. The molecule has 0 aromatic heterocycles. The lowest BCUT2D eigenvalue weighted by molar-refractivity contribution is -0.128. The number of rotatable bonds is 5. The summed E-state index contributed by atoms with van der Waals surface area (Å²) in [5.41, 5.74) is 6.22. The summed E-state index contributed by atoms with van der Waals surface area (Å²) in [4.78, 5) is 2.55. The molecule has 0 aromatic rings. The fraction of sp³-hybridized carbons (Fsp3) is 1.00. The Morgan fingerprint density at radius 2 is 2.11 bits per heavy atom. The second kappa shape index (κ2) is 5.87. The Hall–Kier alpha value is -0.160. The van der Waals surface area contributed by atoms with E-state index in [1.807, 2.05) is 7.11 Å². The molecule has 0 amide bonds. The summed E-state index contributed by atoms with van der Waals surface area (Å²) in [5, 5.41) is 0. The molecule has 1 saturated carbocycles. The Balaban J connectivity index is 1.93. The van der Waals surface area contributed by atoms with E-state index in [-0.39, 0.29) is 5.54 Å². The van der Waals surface area contributed by atoms with Gasteiger partial charge in [-0.25, -0.2) is 0 Å². The van der Waals surface area contributed by atoms with E-state index < -0.39 is 0 Å². The van der Waals surface area contributed by atoms with Crippen LogP contribution in [0.25, 0.3) is 0 Å². The van der Waals surface area contributed by atoms with Crippen LogP contribution in [0.4, 0.5) is 0 Å². The minimum atomic E-state index is 0.177. The Morgan fingerprint density at radius 1 is 1.39 bits per heavy atom. The van der Waals surface area contributed by atoms with Crippen molar-refractivity contribution in [2.45, 2.75) is 50.9 Å². The van der Waals surface area contributed by atoms with Crippen molar-refractivity contribution in [3.63, 3.8) is 0 Å². The summed E-state index contributed by atoms with van der Waals surface area (Å²) < 4.78 is 11.3. The molecule has 2 fully saturated rings. The number of methoxy groups -OCH3 is 1. The number of piperidine rings is 1. The third-order valence-corrected chi connectivity index (χ3v) is 4.86. The van der Waals surface area contributed by atoms with Gasteiger partial charge in [0, 0.05) is 32.3 Å². The molecule has 0 bridgehead atoms. The first-order valence-corrected chi connectivity index (χ1v) is 7.24. The van der Waals surface area contributed by atoms with Gasteiger partial charge in [0.1, 0.15) is 0 Å². The lowest BCUT2D eigenvalue weighted by atomic mass is 9.71. The van der Waals surface area contributed by atoms with Gasteiger partial charge in [-0.15, -0.1) is 0 Å². The second-order valence-corrected chi connectivity index (χ2v) is 5.90. The molecule has 0 radical (unpaired) electrons. The first kappa shape index (κ1) is 14.3. The highest BCUT2D eigenvalue weighted by molar-refractivity contribution is 5.06. The SMILES string of the molecule is CCOC1CC(CN)(N2CCC(C)C(OC)C2)C1. The third-order valence-electron chi connectivity index (χ3n) is 4.86. The van der Waals surface area contributed by atoms with Crippen LogP contribution in [0.15, 0.2) is 0 Å². The molecule has 1 heterocycles. The summed E-state index contributed by atoms with van der Waals surface area (Å²) in [7, 11) is 1.82. The maximum absolute atomic E-state index is 6.04. The predicted molar refractivity (Wildman–Crippen MR) is 72.6 cm³/mol. The van der Waals surface area contributed by atoms with Crippen LogP contribution < -0.4 is 5.73 Å². The van der Waals surface area contributed by atoms with Crippen molar-refractivity contribution in [2.75, 3.05) is 33.4 Å². The fourth-order valence-corrected chi connectivity index (χ4v) is 3.47. The van der Waals surface area contributed by atoms with Crippen molar-refractivity contribution in [3.05, 3.63) is 0 Å². The smallest absolute Gasteiger partial charge is 0.0724 e. The van der Waals surface area contributed by atoms with Crippen molar-refractivity contribution in [2.24, 2.45) is 11.7 Å². The highest BCUT2D eigenvalue weighted by Gasteiger charge is 2.49. The van der Waals surface area contributed by atoms with E-state index in [9.17, 15) is 0 Å². The molecular formula is C14H28N2O2. The molecular weight excluding hydrogens is 228 g/mol. The third kappa shape index (κ3) is 2.57. The van der Waals surface area contributed by atoms with Crippen LogP contribution in [-0.4, -0.2) is 56.0 Å². The average Bonchev–Trinajstić information content (AvgIpc) is 2.34. The van der Waals surface area contributed by atoms with E-state index in [1.54, 1.807) is 0 Å². The topological polar surface area (TPSA) is 47.7 Å². The Bertz CT molecular complexity index is 267.